The minimum absolute atomic E-state index is 0.0261. The zero-order valence-corrected chi connectivity index (χ0v) is 19.7. The second kappa shape index (κ2) is 11.7. The second-order valence-corrected chi connectivity index (χ2v) is 8.74. The molecule has 34 heavy (non-hydrogen) atoms. The second-order valence-electron chi connectivity index (χ2n) is 8.74. The summed E-state index contributed by atoms with van der Waals surface area (Å²) in [5.74, 6) is -2.41. The third kappa shape index (κ3) is 5.94. The average Bonchev–Trinajstić information content (AvgIpc) is 3.13. The molecule has 0 heterocycles. The number of hydrogen-bond donors (Lipinski definition) is 3. The molecule has 8 nitrogen and oxygen atoms in total. The molecule has 2 aromatic carbocycles. The number of benzene rings is 2. The number of hydrogen-bond acceptors (Lipinski definition) is 5. The summed E-state index contributed by atoms with van der Waals surface area (Å²) in [6, 6.07) is 15.2. The van der Waals surface area contributed by atoms with Gasteiger partial charge in [0, 0.05) is 32.6 Å². The number of ether oxygens (including phenoxy) is 2. The van der Waals surface area contributed by atoms with Crippen LogP contribution in [0, 0.1) is 11.8 Å². The zero-order valence-electron chi connectivity index (χ0n) is 19.7. The Morgan fingerprint density at radius 1 is 1.00 bits per heavy atom. The monoisotopic (exact) mass is 468 g/mol. The quantitative estimate of drug-likeness (QED) is 0.466. The van der Waals surface area contributed by atoms with E-state index in [0.717, 1.165) is 22.3 Å². The van der Waals surface area contributed by atoms with Gasteiger partial charge in [0.2, 0.25) is 5.91 Å². The fourth-order valence-electron chi connectivity index (χ4n) is 4.23. The number of methoxy groups -OCH3 is 1. The summed E-state index contributed by atoms with van der Waals surface area (Å²) in [5, 5.41) is 14.6. The number of carbonyl (C=O) groups is 3. The van der Waals surface area contributed by atoms with E-state index >= 15 is 0 Å². The smallest absolute Gasteiger partial charge is 0.407 e. The number of fused-ring (bicyclic) bond motifs is 3. The van der Waals surface area contributed by atoms with Crippen LogP contribution in [0.3, 0.4) is 0 Å². The molecule has 0 fully saturated rings. The van der Waals surface area contributed by atoms with Crippen LogP contribution in [0.15, 0.2) is 48.5 Å². The summed E-state index contributed by atoms with van der Waals surface area (Å²) < 4.78 is 10.6. The Bertz CT molecular complexity index is 976. The van der Waals surface area contributed by atoms with Crippen LogP contribution in [0.5, 0.6) is 0 Å². The summed E-state index contributed by atoms with van der Waals surface area (Å²) in [5.41, 5.74) is 4.45. The van der Waals surface area contributed by atoms with Crippen molar-refractivity contribution < 1.29 is 29.0 Å². The molecule has 0 bridgehead atoms. The molecule has 0 spiro atoms. The van der Waals surface area contributed by atoms with Crippen molar-refractivity contribution in [1.29, 1.82) is 0 Å². The number of carboxylic acids is 1. The Morgan fingerprint density at radius 3 is 2.12 bits per heavy atom. The summed E-state index contributed by atoms with van der Waals surface area (Å²) >= 11 is 0. The van der Waals surface area contributed by atoms with Crippen LogP contribution in [0.1, 0.15) is 37.3 Å². The molecule has 0 aliphatic heterocycles. The van der Waals surface area contributed by atoms with Gasteiger partial charge < -0.3 is 25.2 Å². The highest BCUT2D eigenvalue weighted by Gasteiger charge is 2.30. The topological polar surface area (TPSA) is 114 Å². The predicted octanol–water partition coefficient (Wildman–Crippen LogP) is 3.40. The fourth-order valence-corrected chi connectivity index (χ4v) is 4.23. The molecule has 0 saturated carbocycles. The molecule has 0 aromatic heterocycles. The molecule has 3 N–H and O–H groups in total. The minimum Gasteiger partial charge on any atom is -0.481 e. The van der Waals surface area contributed by atoms with E-state index in [1.165, 1.54) is 7.11 Å². The Hall–Kier alpha value is -3.39. The van der Waals surface area contributed by atoms with Gasteiger partial charge in [0.1, 0.15) is 12.6 Å². The predicted molar refractivity (Wildman–Crippen MR) is 127 cm³/mol. The van der Waals surface area contributed by atoms with E-state index in [0.29, 0.717) is 0 Å². The normalized spacial score (nSPS) is 14.1. The van der Waals surface area contributed by atoms with Gasteiger partial charge in [-0.15, -0.1) is 0 Å². The van der Waals surface area contributed by atoms with Crippen LogP contribution in [0.4, 0.5) is 4.79 Å². The molecule has 2 aromatic rings. The number of nitrogens with one attached hydrogen (secondary N) is 2. The molecule has 1 aliphatic carbocycles. The van der Waals surface area contributed by atoms with E-state index in [4.69, 9.17) is 9.47 Å². The lowest BCUT2D eigenvalue weighted by Crippen LogP contribution is -2.49. The molecule has 3 rings (SSSR count). The largest absolute Gasteiger partial charge is 0.481 e. The van der Waals surface area contributed by atoms with Crippen molar-refractivity contribution in [3.8, 4) is 11.1 Å². The van der Waals surface area contributed by atoms with Crippen LogP contribution in [0.2, 0.25) is 0 Å². The fraction of sp³-hybridized carbons (Fsp3) is 0.423. The third-order valence-corrected chi connectivity index (χ3v) is 6.18. The van der Waals surface area contributed by atoms with E-state index in [1.54, 1.807) is 13.8 Å². The van der Waals surface area contributed by atoms with Crippen molar-refractivity contribution in [3.63, 3.8) is 0 Å². The number of aliphatic carboxylic acids is 1. The first-order valence-corrected chi connectivity index (χ1v) is 11.4. The van der Waals surface area contributed by atoms with E-state index in [9.17, 15) is 19.5 Å². The van der Waals surface area contributed by atoms with Crippen molar-refractivity contribution in [3.05, 3.63) is 59.7 Å². The first-order valence-electron chi connectivity index (χ1n) is 11.4. The van der Waals surface area contributed by atoms with Gasteiger partial charge in [0.15, 0.2) is 0 Å². The summed E-state index contributed by atoms with van der Waals surface area (Å²) in [7, 11) is 1.50. The van der Waals surface area contributed by atoms with Gasteiger partial charge in [-0.1, -0.05) is 62.4 Å². The SMILES string of the molecule is COCCC(NC(=O)OCC1c2ccccc2-c2ccccc21)C(=O)NCC(C(=O)O)C(C)C. The van der Waals surface area contributed by atoms with Crippen LogP contribution in [-0.2, 0) is 19.1 Å². The van der Waals surface area contributed by atoms with Gasteiger partial charge in [-0.3, -0.25) is 9.59 Å². The maximum atomic E-state index is 12.7. The van der Waals surface area contributed by atoms with Crippen LogP contribution in [-0.4, -0.2) is 56.0 Å². The maximum absolute atomic E-state index is 12.7. The zero-order chi connectivity index (χ0) is 24.7. The summed E-state index contributed by atoms with van der Waals surface area (Å²) in [6.45, 7) is 3.91. The summed E-state index contributed by atoms with van der Waals surface area (Å²) in [6.07, 6.45) is -0.483. The Balaban J connectivity index is 1.62. The van der Waals surface area contributed by atoms with Crippen molar-refractivity contribution in [1.82, 2.24) is 10.6 Å². The molecular formula is C26H32N2O6. The van der Waals surface area contributed by atoms with Gasteiger partial charge in [-0.05, 0) is 28.2 Å². The Kier molecular flexibility index (Phi) is 8.65. The molecule has 0 radical (unpaired) electrons. The van der Waals surface area contributed by atoms with E-state index in [2.05, 4.69) is 22.8 Å². The van der Waals surface area contributed by atoms with Crippen LogP contribution >= 0.6 is 0 Å². The van der Waals surface area contributed by atoms with Gasteiger partial charge in [0.05, 0.1) is 5.92 Å². The average molecular weight is 469 g/mol. The molecular weight excluding hydrogens is 436 g/mol. The Labute approximate surface area is 199 Å². The van der Waals surface area contributed by atoms with E-state index in [-0.39, 0.29) is 38.0 Å². The number of alkyl carbamates (subject to hydrolysis) is 1. The highest BCUT2D eigenvalue weighted by atomic mass is 16.5. The molecule has 182 valence electrons. The van der Waals surface area contributed by atoms with Gasteiger partial charge >= 0.3 is 12.1 Å². The molecule has 2 amide bonds. The van der Waals surface area contributed by atoms with E-state index < -0.39 is 29.9 Å². The third-order valence-electron chi connectivity index (χ3n) is 6.18. The number of rotatable bonds is 11. The van der Waals surface area contributed by atoms with Crippen molar-refractivity contribution in [2.45, 2.75) is 32.2 Å². The standard InChI is InChI=1S/C26H32N2O6/c1-16(2)21(25(30)31)14-27-24(29)23(12-13-33-3)28-26(32)34-15-22-19-10-6-4-8-17(19)18-9-5-7-11-20(18)22/h4-11,16,21-23H,12-15H2,1-3H3,(H,27,29)(H,28,32)(H,30,31). The van der Waals surface area contributed by atoms with Gasteiger partial charge in [-0.2, -0.15) is 0 Å². The Morgan fingerprint density at radius 2 is 1.59 bits per heavy atom. The van der Waals surface area contributed by atoms with E-state index in [1.807, 2.05) is 36.4 Å². The minimum atomic E-state index is -0.978. The first kappa shape index (κ1) is 25.2. The van der Waals surface area contributed by atoms with Crippen LogP contribution < -0.4 is 10.6 Å². The highest BCUT2D eigenvalue weighted by molar-refractivity contribution is 5.86. The maximum Gasteiger partial charge on any atom is 0.407 e. The lowest BCUT2D eigenvalue weighted by molar-refractivity contribution is -0.143. The molecule has 2 atom stereocenters. The van der Waals surface area contributed by atoms with Crippen molar-refractivity contribution >= 4 is 18.0 Å². The summed E-state index contributed by atoms with van der Waals surface area (Å²) in [4.78, 5) is 36.7. The van der Waals surface area contributed by atoms with Gasteiger partial charge in [-0.25, -0.2) is 4.79 Å². The highest BCUT2D eigenvalue weighted by Crippen LogP contribution is 2.44. The van der Waals surface area contributed by atoms with Gasteiger partial charge in [0.25, 0.3) is 0 Å². The number of carbonyl (C=O) groups excluding carboxylic acids is 2. The van der Waals surface area contributed by atoms with Crippen molar-refractivity contribution in [2.75, 3.05) is 26.9 Å². The van der Waals surface area contributed by atoms with Crippen LogP contribution in [0.25, 0.3) is 11.1 Å². The lowest BCUT2D eigenvalue weighted by atomic mass is 9.96. The molecule has 1 aliphatic rings. The number of amides is 2. The lowest BCUT2D eigenvalue weighted by Gasteiger charge is -2.21. The number of carboxylic acid groups (broad SMARTS) is 1. The first-order chi connectivity index (χ1) is 16.3. The molecule has 0 saturated heterocycles. The molecule has 8 heteroatoms. The molecule has 2 unspecified atom stereocenters. The van der Waals surface area contributed by atoms with Crippen molar-refractivity contribution in [2.24, 2.45) is 11.8 Å².